The predicted octanol–water partition coefficient (Wildman–Crippen LogP) is 2.47. The fraction of sp³-hybridized carbons (Fsp3) is 0.611. The Morgan fingerprint density at radius 3 is 2.83 bits per heavy atom. The summed E-state index contributed by atoms with van der Waals surface area (Å²) in [6, 6.07) is 6.76. The maximum Gasteiger partial charge on any atom is 0.317 e. The summed E-state index contributed by atoms with van der Waals surface area (Å²) < 4.78 is 19.1. The average molecular weight is 335 g/mol. The Morgan fingerprint density at radius 2 is 2.08 bits per heavy atom. The molecule has 0 radical (unpaired) electrons. The maximum atomic E-state index is 13.6. The maximum absolute atomic E-state index is 13.6. The van der Waals surface area contributed by atoms with Crippen molar-refractivity contribution in [2.75, 3.05) is 32.7 Å². The van der Waals surface area contributed by atoms with Crippen molar-refractivity contribution in [1.82, 2.24) is 15.1 Å². The minimum absolute atomic E-state index is 0.0549. The van der Waals surface area contributed by atoms with Crippen LogP contribution in [-0.4, -0.2) is 60.7 Å². The summed E-state index contributed by atoms with van der Waals surface area (Å²) in [5.41, 5.74) is 0. The number of nitrogens with one attached hydrogen (secondary N) is 1. The van der Waals surface area contributed by atoms with E-state index in [0.29, 0.717) is 12.6 Å². The minimum atomic E-state index is -0.385. The molecule has 5 nitrogen and oxygen atoms in total. The van der Waals surface area contributed by atoms with E-state index in [4.69, 9.17) is 4.74 Å². The molecule has 2 fully saturated rings. The van der Waals surface area contributed by atoms with Gasteiger partial charge in [0.15, 0.2) is 11.6 Å². The van der Waals surface area contributed by atoms with Gasteiger partial charge >= 0.3 is 6.03 Å². The molecular formula is C18H26FN3O2. The topological polar surface area (TPSA) is 44.8 Å². The van der Waals surface area contributed by atoms with Crippen molar-refractivity contribution in [3.05, 3.63) is 30.1 Å². The lowest BCUT2D eigenvalue weighted by Gasteiger charge is -2.24. The van der Waals surface area contributed by atoms with Crippen LogP contribution in [-0.2, 0) is 0 Å². The molecule has 2 aliphatic heterocycles. The molecule has 0 unspecified atom stereocenters. The molecule has 2 saturated heterocycles. The monoisotopic (exact) mass is 335 g/mol. The zero-order valence-electron chi connectivity index (χ0n) is 14.2. The number of carbonyl (C=O) groups is 1. The third kappa shape index (κ3) is 4.17. The van der Waals surface area contributed by atoms with Crippen molar-refractivity contribution < 1.29 is 13.9 Å². The predicted molar refractivity (Wildman–Crippen MR) is 90.7 cm³/mol. The number of carbonyl (C=O) groups excluding carboxylic acids is 1. The van der Waals surface area contributed by atoms with E-state index in [1.807, 2.05) is 11.8 Å². The van der Waals surface area contributed by atoms with Crippen molar-refractivity contribution in [3.63, 3.8) is 0 Å². The van der Waals surface area contributed by atoms with Gasteiger partial charge in [0.2, 0.25) is 0 Å². The first kappa shape index (κ1) is 17.0. The van der Waals surface area contributed by atoms with E-state index in [2.05, 4.69) is 10.2 Å². The molecule has 2 aliphatic rings. The zero-order valence-corrected chi connectivity index (χ0v) is 14.2. The molecule has 6 heteroatoms. The lowest BCUT2D eigenvalue weighted by atomic mass is 10.2. The second kappa shape index (κ2) is 7.83. The van der Waals surface area contributed by atoms with E-state index in [9.17, 15) is 9.18 Å². The SMILES string of the molecule is C[C@@H](CNC(=O)N1CC[C@H](N2CCCC2)C1)Oc1ccccc1F. The molecule has 0 saturated carbocycles. The Morgan fingerprint density at radius 1 is 1.33 bits per heavy atom. The van der Waals surface area contributed by atoms with Gasteiger partial charge in [-0.3, -0.25) is 4.90 Å². The molecule has 1 aromatic carbocycles. The number of hydrogen-bond acceptors (Lipinski definition) is 3. The van der Waals surface area contributed by atoms with Crippen LogP contribution in [0.2, 0.25) is 0 Å². The van der Waals surface area contributed by atoms with Crippen LogP contribution >= 0.6 is 0 Å². The number of likely N-dealkylation sites (tertiary alicyclic amines) is 2. The lowest BCUT2D eigenvalue weighted by molar-refractivity contribution is 0.181. The molecule has 0 bridgehead atoms. The highest BCUT2D eigenvalue weighted by atomic mass is 19.1. The van der Waals surface area contributed by atoms with Gasteiger partial charge in [0, 0.05) is 19.1 Å². The number of nitrogens with zero attached hydrogens (tertiary/aromatic N) is 2. The average Bonchev–Trinajstić information content (AvgIpc) is 3.25. The minimum Gasteiger partial charge on any atom is -0.486 e. The summed E-state index contributed by atoms with van der Waals surface area (Å²) >= 11 is 0. The standard InChI is InChI=1S/C18H26FN3O2/c1-14(24-17-7-3-2-6-16(17)19)12-20-18(23)22-11-8-15(13-22)21-9-4-5-10-21/h2-3,6-7,14-15H,4-5,8-13H2,1H3,(H,20,23)/t14-,15-/m0/s1. The molecule has 2 atom stereocenters. The molecule has 1 N–H and O–H groups in total. The van der Waals surface area contributed by atoms with Gasteiger partial charge in [-0.25, -0.2) is 9.18 Å². The highest BCUT2D eigenvalue weighted by Gasteiger charge is 2.31. The van der Waals surface area contributed by atoms with Gasteiger partial charge in [0.1, 0.15) is 6.10 Å². The van der Waals surface area contributed by atoms with Crippen molar-refractivity contribution in [2.24, 2.45) is 0 Å². The van der Waals surface area contributed by atoms with Crippen molar-refractivity contribution in [1.29, 1.82) is 0 Å². The Hall–Kier alpha value is -1.82. The number of amides is 2. The second-order valence-electron chi connectivity index (χ2n) is 6.68. The van der Waals surface area contributed by atoms with Crippen LogP contribution in [0.5, 0.6) is 5.75 Å². The fourth-order valence-corrected chi connectivity index (χ4v) is 3.47. The zero-order chi connectivity index (χ0) is 16.9. The molecular weight excluding hydrogens is 309 g/mol. The van der Waals surface area contributed by atoms with Crippen LogP contribution in [0, 0.1) is 5.82 Å². The van der Waals surface area contributed by atoms with Gasteiger partial charge in [0.05, 0.1) is 6.54 Å². The highest BCUT2D eigenvalue weighted by Crippen LogP contribution is 2.20. The molecule has 1 aromatic rings. The van der Waals surface area contributed by atoms with Crippen molar-refractivity contribution in [2.45, 2.75) is 38.3 Å². The molecule has 132 valence electrons. The van der Waals surface area contributed by atoms with Gasteiger partial charge in [-0.1, -0.05) is 12.1 Å². The van der Waals surface area contributed by atoms with E-state index in [0.717, 1.165) is 32.6 Å². The quantitative estimate of drug-likeness (QED) is 0.899. The van der Waals surface area contributed by atoms with E-state index < -0.39 is 0 Å². The first-order chi connectivity index (χ1) is 11.6. The van der Waals surface area contributed by atoms with E-state index >= 15 is 0 Å². The number of urea groups is 1. The van der Waals surface area contributed by atoms with Gasteiger partial charge in [-0.15, -0.1) is 0 Å². The number of ether oxygens (including phenoxy) is 1. The summed E-state index contributed by atoms with van der Waals surface area (Å²) in [7, 11) is 0. The summed E-state index contributed by atoms with van der Waals surface area (Å²) in [6.45, 7) is 6.10. The third-order valence-corrected chi connectivity index (χ3v) is 4.81. The normalized spacial score (nSPS) is 22.6. The van der Waals surface area contributed by atoms with Crippen LogP contribution in [0.3, 0.4) is 0 Å². The third-order valence-electron chi connectivity index (χ3n) is 4.81. The molecule has 0 aliphatic carbocycles. The second-order valence-corrected chi connectivity index (χ2v) is 6.68. The summed E-state index contributed by atoms with van der Waals surface area (Å²) in [5, 5.41) is 2.90. The Labute approximate surface area is 142 Å². The summed E-state index contributed by atoms with van der Waals surface area (Å²) in [6.07, 6.45) is 3.30. The van der Waals surface area contributed by atoms with E-state index in [1.54, 1.807) is 18.2 Å². The van der Waals surface area contributed by atoms with Crippen molar-refractivity contribution >= 4 is 6.03 Å². The number of para-hydroxylation sites is 1. The Balaban J connectivity index is 1.41. The van der Waals surface area contributed by atoms with E-state index in [1.165, 1.54) is 18.9 Å². The molecule has 0 aromatic heterocycles. The Bertz CT molecular complexity index is 563. The van der Waals surface area contributed by atoms with Crippen LogP contribution < -0.4 is 10.1 Å². The van der Waals surface area contributed by atoms with Gasteiger partial charge in [-0.05, 0) is 51.4 Å². The van der Waals surface area contributed by atoms with Gasteiger partial charge in [-0.2, -0.15) is 0 Å². The smallest absolute Gasteiger partial charge is 0.317 e. The molecule has 0 spiro atoms. The number of halogens is 1. The summed E-state index contributed by atoms with van der Waals surface area (Å²) in [4.78, 5) is 16.7. The summed E-state index contributed by atoms with van der Waals surface area (Å²) in [5.74, 6) is -0.168. The number of rotatable bonds is 5. The molecule has 2 heterocycles. The van der Waals surface area contributed by atoms with Crippen molar-refractivity contribution in [3.8, 4) is 5.75 Å². The molecule has 3 rings (SSSR count). The van der Waals surface area contributed by atoms with Crippen LogP contribution in [0.15, 0.2) is 24.3 Å². The number of hydrogen-bond donors (Lipinski definition) is 1. The lowest BCUT2D eigenvalue weighted by Crippen LogP contribution is -2.44. The molecule has 24 heavy (non-hydrogen) atoms. The van der Waals surface area contributed by atoms with Gasteiger partial charge < -0.3 is 15.0 Å². The highest BCUT2D eigenvalue weighted by molar-refractivity contribution is 5.74. The van der Waals surface area contributed by atoms with Crippen LogP contribution in [0.4, 0.5) is 9.18 Å². The first-order valence-electron chi connectivity index (χ1n) is 8.81. The van der Waals surface area contributed by atoms with E-state index in [-0.39, 0.29) is 23.7 Å². The van der Waals surface area contributed by atoms with Gasteiger partial charge in [0.25, 0.3) is 0 Å². The molecule has 2 amide bonds. The first-order valence-corrected chi connectivity index (χ1v) is 8.81. The largest absolute Gasteiger partial charge is 0.486 e. The fourth-order valence-electron chi connectivity index (χ4n) is 3.47. The van der Waals surface area contributed by atoms with Crippen LogP contribution in [0.1, 0.15) is 26.2 Å². The Kier molecular flexibility index (Phi) is 5.56. The number of benzene rings is 1. The van der Waals surface area contributed by atoms with Crippen LogP contribution in [0.25, 0.3) is 0 Å².